The van der Waals surface area contributed by atoms with Crippen molar-refractivity contribution in [2.24, 2.45) is 0 Å². The summed E-state index contributed by atoms with van der Waals surface area (Å²) in [4.78, 5) is 17.0. The topological polar surface area (TPSA) is 41.6 Å². The molecule has 0 spiro atoms. The molecule has 1 saturated carbocycles. The van der Waals surface area contributed by atoms with Crippen LogP contribution in [0.25, 0.3) is 0 Å². The van der Waals surface area contributed by atoms with Crippen molar-refractivity contribution in [2.45, 2.75) is 38.9 Å². The van der Waals surface area contributed by atoms with Crippen molar-refractivity contribution in [3.63, 3.8) is 0 Å². The summed E-state index contributed by atoms with van der Waals surface area (Å²) in [5, 5.41) is 3.05. The molecule has 0 aliphatic heterocycles. The number of nitrogens with zero attached hydrogens (tertiary/aromatic N) is 1. The lowest BCUT2D eigenvalue weighted by atomic mass is 10.2. The zero-order chi connectivity index (χ0) is 16.2. The highest BCUT2D eigenvalue weighted by molar-refractivity contribution is 7.11. The molecule has 2 amide bonds. The number of urea groups is 1. The van der Waals surface area contributed by atoms with Crippen LogP contribution >= 0.6 is 11.3 Å². The van der Waals surface area contributed by atoms with E-state index in [4.69, 9.17) is 4.74 Å². The van der Waals surface area contributed by atoms with Crippen LogP contribution < -0.4 is 10.1 Å². The van der Waals surface area contributed by atoms with Gasteiger partial charge in [0.15, 0.2) is 0 Å². The molecule has 3 rings (SSSR count). The fourth-order valence-corrected chi connectivity index (χ4v) is 3.44. The number of nitrogens with one attached hydrogen (secondary N) is 1. The maximum absolute atomic E-state index is 12.6. The Kier molecular flexibility index (Phi) is 4.86. The Balaban J connectivity index is 1.65. The molecule has 0 saturated heterocycles. The Hall–Kier alpha value is -2.01. The number of rotatable bonds is 6. The van der Waals surface area contributed by atoms with Crippen molar-refractivity contribution >= 4 is 17.4 Å². The molecule has 1 fully saturated rings. The molecular weight excluding hydrogens is 308 g/mol. The third-order valence-corrected chi connectivity index (χ3v) is 4.99. The minimum atomic E-state index is 0.00413. The van der Waals surface area contributed by atoms with E-state index in [1.54, 1.807) is 18.4 Å². The summed E-state index contributed by atoms with van der Waals surface area (Å²) in [7, 11) is 1.67. The zero-order valence-corrected chi connectivity index (χ0v) is 14.4. The van der Waals surface area contributed by atoms with Gasteiger partial charge in [-0.15, -0.1) is 11.3 Å². The standard InChI is InChI=1S/C18H22N2O2S/c1-13-7-10-16(23-13)11-19-18(21)20(15-8-9-15)12-14-5-3-4-6-17(14)22-2/h3-7,10,15H,8-9,11-12H2,1-2H3,(H,19,21). The predicted molar refractivity (Wildman–Crippen MR) is 92.9 cm³/mol. The molecule has 1 aromatic heterocycles. The summed E-state index contributed by atoms with van der Waals surface area (Å²) in [5.74, 6) is 0.833. The third-order valence-electron chi connectivity index (χ3n) is 3.99. The highest BCUT2D eigenvalue weighted by atomic mass is 32.1. The Morgan fingerprint density at radius 2 is 2.09 bits per heavy atom. The first-order chi connectivity index (χ1) is 11.2. The molecule has 23 heavy (non-hydrogen) atoms. The molecule has 1 aliphatic carbocycles. The number of hydrogen-bond donors (Lipinski definition) is 1. The van der Waals surface area contributed by atoms with Crippen LogP contribution in [0.1, 0.15) is 28.2 Å². The van der Waals surface area contributed by atoms with E-state index in [0.29, 0.717) is 19.1 Å². The molecule has 1 heterocycles. The second-order valence-corrected chi connectivity index (χ2v) is 7.21. The fourth-order valence-electron chi connectivity index (χ4n) is 2.61. The van der Waals surface area contributed by atoms with Crippen LogP contribution in [0.4, 0.5) is 4.79 Å². The number of amides is 2. The minimum Gasteiger partial charge on any atom is -0.496 e. The van der Waals surface area contributed by atoms with Gasteiger partial charge in [0.05, 0.1) is 20.2 Å². The summed E-state index contributed by atoms with van der Waals surface area (Å²) in [5.41, 5.74) is 1.05. The normalized spacial score (nSPS) is 13.7. The van der Waals surface area contributed by atoms with Gasteiger partial charge in [0.1, 0.15) is 5.75 Å². The van der Waals surface area contributed by atoms with Crippen molar-refractivity contribution in [1.82, 2.24) is 10.2 Å². The quantitative estimate of drug-likeness (QED) is 0.871. The highest BCUT2D eigenvalue weighted by Crippen LogP contribution is 2.30. The SMILES string of the molecule is COc1ccccc1CN(C(=O)NCc1ccc(C)s1)C1CC1. The molecule has 1 aliphatic rings. The van der Waals surface area contributed by atoms with Gasteiger partial charge < -0.3 is 15.0 Å². The molecule has 2 aromatic rings. The van der Waals surface area contributed by atoms with E-state index in [0.717, 1.165) is 24.2 Å². The molecule has 0 radical (unpaired) electrons. The lowest BCUT2D eigenvalue weighted by Gasteiger charge is -2.23. The number of para-hydroxylation sites is 1. The summed E-state index contributed by atoms with van der Waals surface area (Å²) in [6.45, 7) is 3.25. The second kappa shape index (κ2) is 7.04. The number of ether oxygens (including phenoxy) is 1. The Morgan fingerprint density at radius 1 is 1.30 bits per heavy atom. The van der Waals surface area contributed by atoms with Gasteiger partial charge in [-0.25, -0.2) is 4.79 Å². The van der Waals surface area contributed by atoms with Crippen molar-refractivity contribution < 1.29 is 9.53 Å². The molecule has 0 atom stereocenters. The summed E-state index contributed by atoms with van der Waals surface area (Å²) >= 11 is 1.72. The van der Waals surface area contributed by atoms with E-state index >= 15 is 0 Å². The van der Waals surface area contributed by atoms with Crippen LogP contribution in [0.3, 0.4) is 0 Å². The number of hydrogen-bond acceptors (Lipinski definition) is 3. The van der Waals surface area contributed by atoms with Crippen LogP contribution in [0.2, 0.25) is 0 Å². The lowest BCUT2D eigenvalue weighted by molar-refractivity contribution is 0.191. The van der Waals surface area contributed by atoms with Crippen molar-refractivity contribution in [3.05, 3.63) is 51.7 Å². The van der Waals surface area contributed by atoms with E-state index in [1.165, 1.54) is 9.75 Å². The van der Waals surface area contributed by atoms with Crippen molar-refractivity contribution in [2.75, 3.05) is 7.11 Å². The zero-order valence-electron chi connectivity index (χ0n) is 13.5. The summed E-state index contributed by atoms with van der Waals surface area (Å²) in [6, 6.07) is 12.4. The van der Waals surface area contributed by atoms with Gasteiger partial charge in [-0.05, 0) is 38.0 Å². The maximum Gasteiger partial charge on any atom is 0.318 e. The highest BCUT2D eigenvalue weighted by Gasteiger charge is 2.33. The van der Waals surface area contributed by atoms with Gasteiger partial charge >= 0.3 is 6.03 Å². The van der Waals surface area contributed by atoms with E-state index in [-0.39, 0.29) is 6.03 Å². The number of benzene rings is 1. The Bertz CT molecular complexity index is 679. The number of carbonyl (C=O) groups excluding carboxylic acids is 1. The molecule has 122 valence electrons. The van der Waals surface area contributed by atoms with Gasteiger partial charge in [-0.2, -0.15) is 0 Å². The van der Waals surface area contributed by atoms with Crippen LogP contribution in [0.15, 0.2) is 36.4 Å². The van der Waals surface area contributed by atoms with Crippen LogP contribution in [-0.4, -0.2) is 24.1 Å². The fraction of sp³-hybridized carbons (Fsp3) is 0.389. The summed E-state index contributed by atoms with van der Waals surface area (Å²) in [6.07, 6.45) is 2.17. The van der Waals surface area contributed by atoms with Crippen LogP contribution in [0, 0.1) is 6.92 Å². The van der Waals surface area contributed by atoms with Crippen molar-refractivity contribution in [3.8, 4) is 5.75 Å². The molecule has 4 nitrogen and oxygen atoms in total. The molecule has 5 heteroatoms. The Labute approximate surface area is 141 Å². The van der Waals surface area contributed by atoms with E-state index < -0.39 is 0 Å². The Morgan fingerprint density at radius 3 is 2.74 bits per heavy atom. The minimum absolute atomic E-state index is 0.00413. The molecule has 1 aromatic carbocycles. The van der Waals surface area contributed by atoms with Crippen LogP contribution in [0.5, 0.6) is 5.75 Å². The van der Waals surface area contributed by atoms with Crippen molar-refractivity contribution in [1.29, 1.82) is 0 Å². The van der Waals surface area contributed by atoms with Gasteiger partial charge in [0.25, 0.3) is 0 Å². The monoisotopic (exact) mass is 330 g/mol. The van der Waals surface area contributed by atoms with E-state index in [2.05, 4.69) is 24.4 Å². The van der Waals surface area contributed by atoms with E-state index in [1.807, 2.05) is 29.2 Å². The summed E-state index contributed by atoms with van der Waals surface area (Å²) < 4.78 is 5.40. The third kappa shape index (κ3) is 4.05. The first-order valence-corrected chi connectivity index (χ1v) is 8.70. The van der Waals surface area contributed by atoms with Gasteiger partial charge in [-0.3, -0.25) is 0 Å². The number of methoxy groups -OCH3 is 1. The molecule has 1 N–H and O–H groups in total. The second-order valence-electron chi connectivity index (χ2n) is 5.84. The van der Waals surface area contributed by atoms with Gasteiger partial charge in [-0.1, -0.05) is 18.2 Å². The van der Waals surface area contributed by atoms with E-state index in [9.17, 15) is 4.79 Å². The largest absolute Gasteiger partial charge is 0.496 e. The lowest BCUT2D eigenvalue weighted by Crippen LogP contribution is -2.40. The van der Waals surface area contributed by atoms with Gasteiger partial charge in [0.2, 0.25) is 0 Å². The predicted octanol–water partition coefficient (Wildman–Crippen LogP) is 3.94. The number of thiophene rings is 1. The number of carbonyl (C=O) groups is 1. The molecule has 0 bridgehead atoms. The molecule has 0 unspecified atom stereocenters. The number of aryl methyl sites for hydroxylation is 1. The maximum atomic E-state index is 12.6. The average molecular weight is 330 g/mol. The van der Waals surface area contributed by atoms with Gasteiger partial charge in [0, 0.05) is 21.4 Å². The molecular formula is C18H22N2O2S. The van der Waals surface area contributed by atoms with Crippen LogP contribution in [-0.2, 0) is 13.1 Å². The smallest absolute Gasteiger partial charge is 0.318 e. The first-order valence-electron chi connectivity index (χ1n) is 7.89. The first kappa shape index (κ1) is 15.9. The average Bonchev–Trinajstić information content (AvgIpc) is 3.32.